The predicted molar refractivity (Wildman–Crippen MR) is 64.7 cm³/mol. The number of sulfonamides is 1. The molecule has 6 heteroatoms. The fraction of sp³-hybridized carbons (Fsp3) is 0.545. The molecule has 1 aromatic rings. The maximum absolute atomic E-state index is 12.1. The number of hydrogen-bond acceptors (Lipinski definition) is 4. The van der Waals surface area contributed by atoms with E-state index in [0.29, 0.717) is 12.2 Å². The molecule has 1 heterocycles. The third kappa shape index (κ3) is 2.83. The van der Waals surface area contributed by atoms with Crippen molar-refractivity contribution in [3.8, 4) is 0 Å². The molecule has 17 heavy (non-hydrogen) atoms. The lowest BCUT2D eigenvalue weighted by molar-refractivity contribution is 0.529. The fourth-order valence-corrected chi connectivity index (χ4v) is 2.96. The average Bonchev–Trinajstić information content (AvgIpc) is 3.06. The lowest BCUT2D eigenvalue weighted by Crippen LogP contribution is -2.30. The zero-order valence-corrected chi connectivity index (χ0v) is 10.6. The van der Waals surface area contributed by atoms with Crippen LogP contribution < -0.4 is 10.5 Å². The topological polar surface area (TPSA) is 85.1 Å². The zero-order valence-electron chi connectivity index (χ0n) is 9.81. The van der Waals surface area contributed by atoms with Gasteiger partial charge in [0.1, 0.15) is 4.90 Å². The highest BCUT2D eigenvalue weighted by Crippen LogP contribution is 2.44. The Bertz CT molecular complexity index is 509. The van der Waals surface area contributed by atoms with E-state index in [0.717, 1.165) is 12.8 Å². The van der Waals surface area contributed by atoms with Gasteiger partial charge in [0.15, 0.2) is 0 Å². The van der Waals surface area contributed by atoms with Crippen LogP contribution in [0.25, 0.3) is 0 Å². The summed E-state index contributed by atoms with van der Waals surface area (Å²) in [6.07, 6.45) is 3.70. The van der Waals surface area contributed by atoms with E-state index in [1.165, 1.54) is 6.07 Å². The molecule has 0 aliphatic heterocycles. The standard InChI is InChI=1S/C11H17N3O2S/c1-11(4-5-11)8-14-17(15,16)10-3-2-6-13-9(10)7-12/h2-3,6,14H,4-5,7-8,12H2,1H3. The van der Waals surface area contributed by atoms with Crippen molar-refractivity contribution in [1.29, 1.82) is 0 Å². The quantitative estimate of drug-likeness (QED) is 0.807. The zero-order chi connectivity index (χ0) is 12.5. The number of nitrogens with zero attached hydrogens (tertiary/aromatic N) is 1. The normalized spacial score (nSPS) is 18.0. The van der Waals surface area contributed by atoms with E-state index in [1.807, 2.05) is 0 Å². The number of nitrogens with two attached hydrogens (primary N) is 1. The number of hydrogen-bond donors (Lipinski definition) is 2. The SMILES string of the molecule is CC1(CNS(=O)(=O)c2cccnc2CN)CC1. The smallest absolute Gasteiger partial charge is 0.242 e. The second kappa shape index (κ2) is 4.36. The predicted octanol–water partition coefficient (Wildman–Crippen LogP) is 0.619. The van der Waals surface area contributed by atoms with Crippen LogP contribution in [0.1, 0.15) is 25.5 Å². The van der Waals surface area contributed by atoms with Gasteiger partial charge in [0.25, 0.3) is 0 Å². The molecule has 1 aliphatic carbocycles. The van der Waals surface area contributed by atoms with Gasteiger partial charge in [-0.3, -0.25) is 4.98 Å². The molecular weight excluding hydrogens is 238 g/mol. The van der Waals surface area contributed by atoms with Crippen LogP contribution in [-0.2, 0) is 16.6 Å². The summed E-state index contributed by atoms with van der Waals surface area (Å²) in [4.78, 5) is 4.17. The summed E-state index contributed by atoms with van der Waals surface area (Å²) in [7, 11) is -3.49. The minimum Gasteiger partial charge on any atom is -0.325 e. The Labute approximate surface area is 101 Å². The van der Waals surface area contributed by atoms with Crippen LogP contribution in [0.2, 0.25) is 0 Å². The first-order valence-corrected chi connectivity index (χ1v) is 7.09. The molecule has 0 spiro atoms. The van der Waals surface area contributed by atoms with Crippen molar-refractivity contribution in [2.75, 3.05) is 6.54 Å². The molecule has 5 nitrogen and oxygen atoms in total. The van der Waals surface area contributed by atoms with Crippen molar-refractivity contribution < 1.29 is 8.42 Å². The van der Waals surface area contributed by atoms with E-state index in [2.05, 4.69) is 16.6 Å². The van der Waals surface area contributed by atoms with E-state index in [1.54, 1.807) is 12.3 Å². The monoisotopic (exact) mass is 255 g/mol. The molecule has 0 aromatic carbocycles. The second-order valence-corrected chi connectivity index (χ2v) is 6.52. The van der Waals surface area contributed by atoms with Gasteiger partial charge < -0.3 is 5.73 Å². The second-order valence-electron chi connectivity index (χ2n) is 4.79. The molecule has 1 aromatic heterocycles. The number of aromatic nitrogens is 1. The first kappa shape index (κ1) is 12.5. The molecule has 0 atom stereocenters. The summed E-state index contributed by atoms with van der Waals surface area (Å²) < 4.78 is 26.8. The van der Waals surface area contributed by atoms with Gasteiger partial charge in [0.2, 0.25) is 10.0 Å². The third-order valence-electron chi connectivity index (χ3n) is 3.12. The molecule has 3 N–H and O–H groups in total. The van der Waals surface area contributed by atoms with Crippen molar-refractivity contribution in [2.45, 2.75) is 31.2 Å². The van der Waals surface area contributed by atoms with E-state index in [-0.39, 0.29) is 16.9 Å². The largest absolute Gasteiger partial charge is 0.325 e. The van der Waals surface area contributed by atoms with Gasteiger partial charge in [-0.2, -0.15) is 0 Å². The Morgan fingerprint density at radius 1 is 1.53 bits per heavy atom. The Balaban J connectivity index is 2.18. The number of nitrogens with one attached hydrogen (secondary N) is 1. The summed E-state index contributed by atoms with van der Waals surface area (Å²) in [6.45, 7) is 2.67. The van der Waals surface area contributed by atoms with Crippen molar-refractivity contribution >= 4 is 10.0 Å². The van der Waals surface area contributed by atoms with Gasteiger partial charge >= 0.3 is 0 Å². The van der Waals surface area contributed by atoms with Crippen LogP contribution in [0.15, 0.2) is 23.2 Å². The molecular formula is C11H17N3O2S. The minimum absolute atomic E-state index is 0.119. The van der Waals surface area contributed by atoms with Crippen molar-refractivity contribution in [2.24, 2.45) is 11.1 Å². The summed E-state index contributed by atoms with van der Waals surface area (Å²) in [5.74, 6) is 0. The molecule has 0 bridgehead atoms. The molecule has 1 aliphatic rings. The van der Waals surface area contributed by atoms with E-state index in [9.17, 15) is 8.42 Å². The van der Waals surface area contributed by atoms with E-state index in [4.69, 9.17) is 5.73 Å². The Hall–Kier alpha value is -0.980. The van der Waals surface area contributed by atoms with Crippen LogP contribution in [0.4, 0.5) is 0 Å². The number of pyridine rings is 1. The minimum atomic E-state index is -3.49. The highest BCUT2D eigenvalue weighted by molar-refractivity contribution is 7.89. The Kier molecular flexibility index (Phi) is 3.20. The molecule has 0 unspecified atom stereocenters. The average molecular weight is 255 g/mol. The molecule has 1 fully saturated rings. The molecule has 0 amide bonds. The highest BCUT2D eigenvalue weighted by atomic mass is 32.2. The van der Waals surface area contributed by atoms with E-state index >= 15 is 0 Å². The van der Waals surface area contributed by atoms with Gasteiger partial charge in [0.05, 0.1) is 5.69 Å². The first-order chi connectivity index (χ1) is 7.97. The first-order valence-electron chi connectivity index (χ1n) is 5.60. The molecule has 94 valence electrons. The lowest BCUT2D eigenvalue weighted by atomic mass is 10.2. The highest BCUT2D eigenvalue weighted by Gasteiger charge is 2.38. The van der Waals surface area contributed by atoms with Crippen LogP contribution >= 0.6 is 0 Å². The van der Waals surface area contributed by atoms with Crippen molar-refractivity contribution in [3.63, 3.8) is 0 Å². The van der Waals surface area contributed by atoms with Gasteiger partial charge in [-0.15, -0.1) is 0 Å². The van der Waals surface area contributed by atoms with Crippen molar-refractivity contribution in [3.05, 3.63) is 24.0 Å². The summed E-state index contributed by atoms with van der Waals surface area (Å²) in [6, 6.07) is 3.14. The fourth-order valence-electron chi connectivity index (χ4n) is 1.56. The van der Waals surface area contributed by atoms with Gasteiger partial charge in [-0.05, 0) is 30.4 Å². The van der Waals surface area contributed by atoms with Crippen LogP contribution in [0.5, 0.6) is 0 Å². The summed E-state index contributed by atoms with van der Waals surface area (Å²) in [5.41, 5.74) is 6.03. The van der Waals surface area contributed by atoms with Crippen LogP contribution in [-0.4, -0.2) is 19.9 Å². The van der Waals surface area contributed by atoms with Gasteiger partial charge in [-0.1, -0.05) is 6.92 Å². The lowest BCUT2D eigenvalue weighted by Gasteiger charge is -2.12. The maximum atomic E-state index is 12.1. The maximum Gasteiger partial charge on any atom is 0.242 e. The van der Waals surface area contributed by atoms with Crippen LogP contribution in [0, 0.1) is 5.41 Å². The van der Waals surface area contributed by atoms with Crippen molar-refractivity contribution in [1.82, 2.24) is 9.71 Å². The molecule has 2 rings (SSSR count). The van der Waals surface area contributed by atoms with Crippen LogP contribution in [0.3, 0.4) is 0 Å². The Morgan fingerprint density at radius 3 is 2.82 bits per heavy atom. The summed E-state index contributed by atoms with van der Waals surface area (Å²) in [5, 5.41) is 0. The molecule has 1 saturated carbocycles. The molecule has 0 radical (unpaired) electrons. The molecule has 0 saturated heterocycles. The Morgan fingerprint density at radius 2 is 2.24 bits per heavy atom. The third-order valence-corrected chi connectivity index (χ3v) is 4.60. The van der Waals surface area contributed by atoms with Gasteiger partial charge in [0, 0.05) is 19.3 Å². The number of rotatable bonds is 5. The van der Waals surface area contributed by atoms with E-state index < -0.39 is 10.0 Å². The van der Waals surface area contributed by atoms with Gasteiger partial charge in [-0.25, -0.2) is 13.1 Å². The summed E-state index contributed by atoms with van der Waals surface area (Å²) >= 11 is 0.